The van der Waals surface area contributed by atoms with Crippen molar-refractivity contribution in [1.29, 1.82) is 0 Å². The summed E-state index contributed by atoms with van der Waals surface area (Å²) in [7, 11) is 1.63. The molecule has 1 rings (SSSR count). The quantitative estimate of drug-likeness (QED) is 0.207. The van der Waals surface area contributed by atoms with E-state index in [-0.39, 0.29) is 24.2 Å². The number of ketones is 1. The first-order valence-electron chi connectivity index (χ1n) is 14.0. The zero-order chi connectivity index (χ0) is 30.2. The van der Waals surface area contributed by atoms with Crippen LogP contribution in [0.2, 0.25) is 0 Å². The monoisotopic (exact) mass is 554 g/mol. The van der Waals surface area contributed by atoms with E-state index in [1.54, 1.807) is 20.9 Å². The minimum absolute atomic E-state index is 0.0803. The van der Waals surface area contributed by atoms with E-state index in [0.717, 1.165) is 4.90 Å². The molecule has 1 heterocycles. The molecule has 1 saturated heterocycles. The highest BCUT2D eigenvalue weighted by Gasteiger charge is 2.50. The van der Waals surface area contributed by atoms with Crippen LogP contribution in [0.1, 0.15) is 81.6 Å². The number of carbonyl (C=O) groups excluding carboxylic acids is 5. The van der Waals surface area contributed by atoms with Crippen LogP contribution in [0.4, 0.5) is 0 Å². The first kappa shape index (κ1) is 34.7. The van der Waals surface area contributed by atoms with Crippen molar-refractivity contribution in [2.75, 3.05) is 13.7 Å². The topological polar surface area (TPSA) is 157 Å². The lowest BCUT2D eigenvalue weighted by Crippen LogP contribution is -2.63. The summed E-state index contributed by atoms with van der Waals surface area (Å²) in [4.78, 5) is 67.3. The summed E-state index contributed by atoms with van der Waals surface area (Å²) in [6.45, 7) is 15.7. The maximum Gasteiger partial charge on any atom is 0.247 e. The molecule has 11 heteroatoms. The molecule has 0 aromatic rings. The standard InChI is InChI=1S/C28H50N4O7/c1-11-16(5)21(29-10)27(38)32(19(8)34)23(17(6)12-2)26(37)31-22(18(7)33)25(36)30-20(13-15(3)4)24(35)28(9)14-39-28/h15-18,20-23,29,33H,11-14H2,1-10H3,(H,30,36)(H,31,37)/t16?,17?,18?,20-,21-,22-,23-,28+/m0/s1. The molecule has 1 aliphatic rings. The molecule has 0 aliphatic carbocycles. The Labute approximate surface area is 233 Å². The fraction of sp³-hybridized carbons (Fsp3) is 0.821. The Bertz CT molecular complexity index is 887. The average molecular weight is 555 g/mol. The fourth-order valence-electron chi connectivity index (χ4n) is 4.61. The first-order chi connectivity index (χ1) is 18.1. The first-order valence-corrected chi connectivity index (χ1v) is 14.0. The maximum atomic E-state index is 13.7. The smallest absolute Gasteiger partial charge is 0.247 e. The van der Waals surface area contributed by atoms with E-state index in [1.165, 1.54) is 13.8 Å². The van der Waals surface area contributed by atoms with E-state index in [1.807, 2.05) is 34.6 Å². The molecule has 0 bridgehead atoms. The number of ether oxygens (including phenoxy) is 1. The van der Waals surface area contributed by atoms with Gasteiger partial charge in [0.25, 0.3) is 0 Å². The highest BCUT2D eigenvalue weighted by atomic mass is 16.6. The molecule has 0 aromatic carbocycles. The number of carbonyl (C=O) groups is 5. The number of rotatable bonds is 16. The van der Waals surface area contributed by atoms with Crippen LogP contribution in [0.15, 0.2) is 0 Å². The van der Waals surface area contributed by atoms with Crippen LogP contribution >= 0.6 is 0 Å². The molecule has 4 N–H and O–H groups in total. The Balaban J connectivity index is 3.30. The number of epoxide rings is 1. The van der Waals surface area contributed by atoms with Crippen LogP contribution in [0, 0.1) is 17.8 Å². The van der Waals surface area contributed by atoms with Gasteiger partial charge >= 0.3 is 0 Å². The van der Waals surface area contributed by atoms with Gasteiger partial charge in [0, 0.05) is 6.92 Å². The van der Waals surface area contributed by atoms with E-state index in [2.05, 4.69) is 16.0 Å². The molecule has 39 heavy (non-hydrogen) atoms. The molecule has 0 radical (unpaired) electrons. The predicted molar refractivity (Wildman–Crippen MR) is 147 cm³/mol. The van der Waals surface area contributed by atoms with Crippen molar-refractivity contribution >= 4 is 29.4 Å². The number of aliphatic hydroxyl groups is 1. The zero-order valence-electron chi connectivity index (χ0n) is 25.3. The van der Waals surface area contributed by atoms with Crippen molar-refractivity contribution < 1.29 is 33.8 Å². The molecule has 0 aromatic heterocycles. The number of amides is 4. The molecule has 224 valence electrons. The molecule has 11 nitrogen and oxygen atoms in total. The number of Topliss-reactive ketones (excluding diaryl/α,β-unsaturated/α-hetero) is 1. The van der Waals surface area contributed by atoms with Gasteiger partial charge in [0.2, 0.25) is 23.6 Å². The number of nitrogens with zero attached hydrogens (tertiary/aromatic N) is 1. The van der Waals surface area contributed by atoms with Gasteiger partial charge < -0.3 is 25.8 Å². The zero-order valence-corrected chi connectivity index (χ0v) is 25.3. The average Bonchev–Trinajstić information content (AvgIpc) is 3.61. The third-order valence-corrected chi connectivity index (χ3v) is 7.60. The molecule has 4 amide bonds. The molecular weight excluding hydrogens is 504 g/mol. The number of nitrogens with one attached hydrogen (secondary N) is 3. The van der Waals surface area contributed by atoms with Gasteiger partial charge in [0.1, 0.15) is 17.7 Å². The Morgan fingerprint density at radius 1 is 0.923 bits per heavy atom. The number of hydrogen-bond acceptors (Lipinski definition) is 8. The van der Waals surface area contributed by atoms with Gasteiger partial charge in [-0.15, -0.1) is 0 Å². The molecule has 1 fully saturated rings. The molecule has 8 atom stereocenters. The second-order valence-corrected chi connectivity index (χ2v) is 11.5. The largest absolute Gasteiger partial charge is 0.391 e. The lowest BCUT2D eigenvalue weighted by molar-refractivity contribution is -0.155. The second kappa shape index (κ2) is 14.9. The van der Waals surface area contributed by atoms with Crippen LogP contribution in [0.3, 0.4) is 0 Å². The summed E-state index contributed by atoms with van der Waals surface area (Å²) in [5, 5.41) is 18.7. The molecule has 0 spiro atoms. The van der Waals surface area contributed by atoms with Gasteiger partial charge in [-0.05, 0) is 45.1 Å². The third-order valence-electron chi connectivity index (χ3n) is 7.60. The normalized spacial score (nSPS) is 22.1. The number of aliphatic hydroxyl groups excluding tert-OH is 1. The van der Waals surface area contributed by atoms with Crippen LogP contribution < -0.4 is 16.0 Å². The van der Waals surface area contributed by atoms with E-state index < -0.39 is 65.4 Å². The van der Waals surface area contributed by atoms with Crippen LogP contribution in [0.25, 0.3) is 0 Å². The van der Waals surface area contributed by atoms with Crippen LogP contribution in [-0.4, -0.2) is 88.9 Å². The van der Waals surface area contributed by atoms with E-state index in [4.69, 9.17) is 4.74 Å². The summed E-state index contributed by atoms with van der Waals surface area (Å²) < 4.78 is 5.27. The fourth-order valence-corrected chi connectivity index (χ4v) is 4.61. The maximum absolute atomic E-state index is 13.7. The van der Waals surface area contributed by atoms with Crippen molar-refractivity contribution in [3.63, 3.8) is 0 Å². The van der Waals surface area contributed by atoms with Gasteiger partial charge in [-0.2, -0.15) is 0 Å². The Hall–Kier alpha value is -2.37. The highest BCUT2D eigenvalue weighted by molar-refractivity contribution is 6.03. The van der Waals surface area contributed by atoms with Gasteiger partial charge in [-0.3, -0.25) is 28.9 Å². The van der Waals surface area contributed by atoms with Crippen molar-refractivity contribution in [3.8, 4) is 0 Å². The molecule has 0 saturated carbocycles. The van der Waals surface area contributed by atoms with E-state index in [9.17, 15) is 29.1 Å². The summed E-state index contributed by atoms with van der Waals surface area (Å²) in [6, 6.07) is -4.18. The van der Waals surface area contributed by atoms with Crippen molar-refractivity contribution in [2.24, 2.45) is 17.8 Å². The Kier molecular flexibility index (Phi) is 13.2. The second-order valence-electron chi connectivity index (χ2n) is 11.5. The minimum atomic E-state index is -1.42. The predicted octanol–water partition coefficient (Wildman–Crippen LogP) is 1.16. The van der Waals surface area contributed by atoms with Crippen molar-refractivity contribution in [2.45, 2.75) is 117 Å². The highest BCUT2D eigenvalue weighted by Crippen LogP contribution is 2.29. The van der Waals surface area contributed by atoms with Crippen molar-refractivity contribution in [3.05, 3.63) is 0 Å². The lowest BCUT2D eigenvalue weighted by Gasteiger charge is -2.36. The number of hydrogen-bond donors (Lipinski definition) is 4. The minimum Gasteiger partial charge on any atom is -0.391 e. The van der Waals surface area contributed by atoms with E-state index >= 15 is 0 Å². The number of likely N-dealkylation sites (N-methyl/N-ethyl adjacent to an activating group) is 1. The summed E-state index contributed by atoms with van der Waals surface area (Å²) in [5.41, 5.74) is -0.958. The Morgan fingerprint density at radius 3 is 1.85 bits per heavy atom. The van der Waals surface area contributed by atoms with Crippen LogP contribution in [-0.2, 0) is 28.7 Å². The van der Waals surface area contributed by atoms with Crippen molar-refractivity contribution in [1.82, 2.24) is 20.9 Å². The third kappa shape index (κ3) is 9.08. The SMILES string of the molecule is CCC(C)[C@H](NC)C(=O)N(C(C)=O)[C@H](C(=O)N[C@H](C(=O)N[C@@H](CC(C)C)C(=O)[C@@]1(C)CO1)C(C)O)C(C)CC. The molecule has 1 aliphatic heterocycles. The van der Waals surface area contributed by atoms with Crippen LogP contribution in [0.5, 0.6) is 0 Å². The number of imide groups is 1. The van der Waals surface area contributed by atoms with Gasteiger partial charge in [-0.1, -0.05) is 54.4 Å². The molecular formula is C28H50N4O7. The van der Waals surface area contributed by atoms with Gasteiger partial charge in [0.05, 0.1) is 24.8 Å². The summed E-state index contributed by atoms with van der Waals surface area (Å²) in [6.07, 6.45) is 0.180. The Morgan fingerprint density at radius 2 is 1.46 bits per heavy atom. The van der Waals surface area contributed by atoms with Gasteiger partial charge in [-0.25, -0.2) is 0 Å². The summed E-state index contributed by atoms with van der Waals surface area (Å²) >= 11 is 0. The van der Waals surface area contributed by atoms with E-state index in [0.29, 0.717) is 19.3 Å². The summed E-state index contributed by atoms with van der Waals surface area (Å²) in [5.74, 6) is -3.33. The molecule has 3 unspecified atom stereocenters. The lowest BCUT2D eigenvalue weighted by atomic mass is 9.92. The van der Waals surface area contributed by atoms with Gasteiger partial charge in [0.15, 0.2) is 5.78 Å².